The minimum atomic E-state index is -4.81. The van der Waals surface area contributed by atoms with E-state index in [1.165, 1.54) is 19.5 Å². The minimum Gasteiger partial charge on any atom is -0.495 e. The predicted octanol–water partition coefficient (Wildman–Crippen LogP) is 3.62. The van der Waals surface area contributed by atoms with Crippen molar-refractivity contribution in [2.45, 2.75) is 18.5 Å². The monoisotopic (exact) mass is 468 g/mol. The van der Waals surface area contributed by atoms with Crippen molar-refractivity contribution in [3.05, 3.63) is 54.6 Å². The molecule has 0 saturated heterocycles. The number of aryl methyl sites for hydroxylation is 1. The first-order chi connectivity index (χ1) is 16.2. The molecule has 174 valence electrons. The lowest BCUT2D eigenvalue weighted by atomic mass is 9.99. The molecule has 1 fully saturated rings. The smallest absolute Gasteiger partial charge is 0.403 e. The SMILES string of the molecule is COc1cc2ncnc(-c3cnn(C)c3-c3ccccc3)c2nc1C1CC1(C(N)=O)C(F)(F)F. The van der Waals surface area contributed by atoms with Crippen molar-refractivity contribution < 1.29 is 22.7 Å². The maximum atomic E-state index is 13.8. The number of halogens is 3. The number of aromatic nitrogens is 5. The van der Waals surface area contributed by atoms with E-state index in [2.05, 4.69) is 20.1 Å². The van der Waals surface area contributed by atoms with Crippen molar-refractivity contribution in [3.8, 4) is 28.3 Å². The van der Waals surface area contributed by atoms with E-state index < -0.39 is 29.8 Å². The molecule has 3 aromatic heterocycles. The molecule has 2 atom stereocenters. The van der Waals surface area contributed by atoms with Gasteiger partial charge in [-0.3, -0.25) is 9.48 Å². The van der Waals surface area contributed by atoms with E-state index in [1.807, 2.05) is 30.3 Å². The van der Waals surface area contributed by atoms with Gasteiger partial charge in [0.15, 0.2) is 5.41 Å². The number of fused-ring (bicyclic) bond motifs is 1. The summed E-state index contributed by atoms with van der Waals surface area (Å²) in [6.07, 6.45) is -2.34. The Hall–Kier alpha value is -4.02. The van der Waals surface area contributed by atoms with Crippen LogP contribution in [0.2, 0.25) is 0 Å². The summed E-state index contributed by atoms with van der Waals surface area (Å²) < 4.78 is 48.5. The maximum Gasteiger partial charge on any atom is 0.403 e. The van der Waals surface area contributed by atoms with E-state index >= 15 is 0 Å². The summed E-state index contributed by atoms with van der Waals surface area (Å²) in [4.78, 5) is 25.0. The van der Waals surface area contributed by atoms with Crippen LogP contribution in [0.4, 0.5) is 13.2 Å². The first-order valence-corrected chi connectivity index (χ1v) is 10.3. The van der Waals surface area contributed by atoms with Crippen molar-refractivity contribution in [3.63, 3.8) is 0 Å². The Labute approximate surface area is 191 Å². The number of hydrogen-bond acceptors (Lipinski definition) is 6. The number of primary amides is 1. The Kier molecular flexibility index (Phi) is 4.81. The summed E-state index contributed by atoms with van der Waals surface area (Å²) in [5.41, 5.74) is 5.84. The van der Waals surface area contributed by atoms with Crippen molar-refractivity contribution in [1.82, 2.24) is 24.7 Å². The second-order valence-electron chi connectivity index (χ2n) is 8.15. The molecule has 5 rings (SSSR count). The van der Waals surface area contributed by atoms with Crippen LogP contribution in [0.15, 0.2) is 48.9 Å². The minimum absolute atomic E-state index is 0.00711. The van der Waals surface area contributed by atoms with Gasteiger partial charge in [0.1, 0.15) is 23.3 Å². The van der Waals surface area contributed by atoms with Crippen LogP contribution >= 0.6 is 0 Å². The van der Waals surface area contributed by atoms with Crippen molar-refractivity contribution in [2.75, 3.05) is 7.11 Å². The lowest BCUT2D eigenvalue weighted by Crippen LogP contribution is -2.39. The Balaban J connectivity index is 1.72. The molecule has 8 nitrogen and oxygen atoms in total. The Bertz CT molecular complexity index is 1420. The first-order valence-electron chi connectivity index (χ1n) is 10.3. The molecule has 4 aromatic rings. The molecule has 1 aromatic carbocycles. The van der Waals surface area contributed by atoms with Gasteiger partial charge in [-0.15, -0.1) is 0 Å². The number of carbonyl (C=O) groups excluding carboxylic acids is 1. The highest BCUT2D eigenvalue weighted by molar-refractivity contribution is 5.94. The first kappa shape index (κ1) is 21.8. The van der Waals surface area contributed by atoms with Crippen LogP contribution < -0.4 is 10.5 Å². The van der Waals surface area contributed by atoms with Gasteiger partial charge < -0.3 is 10.5 Å². The maximum absolute atomic E-state index is 13.8. The summed E-state index contributed by atoms with van der Waals surface area (Å²) in [5, 5.41) is 4.35. The second-order valence-corrected chi connectivity index (χ2v) is 8.15. The summed E-state index contributed by atoms with van der Waals surface area (Å²) in [6.45, 7) is 0. The van der Waals surface area contributed by atoms with E-state index in [0.29, 0.717) is 16.8 Å². The third kappa shape index (κ3) is 3.11. The normalized spacial score (nSPS) is 19.9. The molecule has 11 heteroatoms. The van der Waals surface area contributed by atoms with Crippen LogP contribution in [0.1, 0.15) is 18.0 Å². The number of hydrogen-bond donors (Lipinski definition) is 1. The second kappa shape index (κ2) is 7.51. The number of nitrogens with zero attached hydrogens (tertiary/aromatic N) is 5. The predicted molar refractivity (Wildman–Crippen MR) is 117 cm³/mol. The molecule has 2 N–H and O–H groups in total. The van der Waals surface area contributed by atoms with Crippen LogP contribution in [0.5, 0.6) is 5.75 Å². The van der Waals surface area contributed by atoms with E-state index in [1.54, 1.807) is 17.9 Å². The summed E-state index contributed by atoms with van der Waals surface area (Å²) in [6, 6.07) is 11.0. The van der Waals surface area contributed by atoms with Crippen molar-refractivity contribution in [1.29, 1.82) is 0 Å². The zero-order chi connectivity index (χ0) is 24.3. The average molecular weight is 468 g/mol. The Morgan fingerprint density at radius 3 is 2.59 bits per heavy atom. The van der Waals surface area contributed by atoms with Gasteiger partial charge in [-0.05, 0) is 6.42 Å². The standard InChI is InChI=1S/C23H19F3N6O2/c1-32-20(12-6-4-3-5-7-12)13(10-30-32)17-19-15(28-11-29-17)8-16(34-2)18(31-19)14-9-22(14,21(27)33)23(24,25)26/h3-8,10-11,14H,9H2,1-2H3,(H2,27,33). The molecule has 0 bridgehead atoms. The number of benzene rings is 1. The summed E-state index contributed by atoms with van der Waals surface area (Å²) >= 11 is 0. The highest BCUT2D eigenvalue weighted by Gasteiger charge is 2.76. The third-order valence-electron chi connectivity index (χ3n) is 6.30. The van der Waals surface area contributed by atoms with Crippen LogP contribution in [0.3, 0.4) is 0 Å². The van der Waals surface area contributed by atoms with Gasteiger partial charge in [0.25, 0.3) is 0 Å². The van der Waals surface area contributed by atoms with E-state index in [0.717, 1.165) is 11.3 Å². The molecule has 0 spiro atoms. The molecule has 1 aliphatic rings. The van der Waals surface area contributed by atoms with Crippen LogP contribution in [-0.2, 0) is 11.8 Å². The van der Waals surface area contributed by atoms with Gasteiger partial charge in [0.05, 0.1) is 30.2 Å². The number of rotatable bonds is 5. The highest BCUT2D eigenvalue weighted by atomic mass is 19.4. The lowest BCUT2D eigenvalue weighted by molar-refractivity contribution is -0.192. The van der Waals surface area contributed by atoms with Gasteiger partial charge in [-0.2, -0.15) is 18.3 Å². The number of methoxy groups -OCH3 is 1. The fraction of sp³-hybridized carbons (Fsp3) is 0.261. The van der Waals surface area contributed by atoms with E-state index in [-0.39, 0.29) is 17.0 Å². The number of alkyl halides is 3. The Morgan fingerprint density at radius 1 is 1.24 bits per heavy atom. The molecule has 0 aliphatic heterocycles. The fourth-order valence-electron chi connectivity index (χ4n) is 4.46. The van der Waals surface area contributed by atoms with Crippen molar-refractivity contribution in [2.24, 2.45) is 18.2 Å². The van der Waals surface area contributed by atoms with Gasteiger partial charge >= 0.3 is 6.18 Å². The fourth-order valence-corrected chi connectivity index (χ4v) is 4.46. The number of ether oxygens (including phenoxy) is 1. The molecule has 1 aliphatic carbocycles. The third-order valence-corrected chi connectivity index (χ3v) is 6.30. The Morgan fingerprint density at radius 2 is 1.97 bits per heavy atom. The number of carbonyl (C=O) groups is 1. The van der Waals surface area contributed by atoms with E-state index in [4.69, 9.17) is 10.5 Å². The van der Waals surface area contributed by atoms with Gasteiger partial charge in [0.2, 0.25) is 5.91 Å². The molecule has 3 heterocycles. The number of amides is 1. The highest BCUT2D eigenvalue weighted by Crippen LogP contribution is 2.68. The largest absolute Gasteiger partial charge is 0.495 e. The molecule has 1 saturated carbocycles. The van der Waals surface area contributed by atoms with Gasteiger partial charge in [-0.1, -0.05) is 30.3 Å². The lowest BCUT2D eigenvalue weighted by Gasteiger charge is -2.18. The van der Waals surface area contributed by atoms with Crippen LogP contribution in [0, 0.1) is 5.41 Å². The molecular weight excluding hydrogens is 449 g/mol. The zero-order valence-electron chi connectivity index (χ0n) is 18.2. The van der Waals surface area contributed by atoms with Gasteiger partial charge in [-0.25, -0.2) is 15.0 Å². The molecule has 1 amide bonds. The molecule has 2 unspecified atom stereocenters. The van der Waals surface area contributed by atoms with E-state index in [9.17, 15) is 18.0 Å². The molecular formula is C23H19F3N6O2. The number of pyridine rings is 1. The number of nitrogens with two attached hydrogens (primary N) is 1. The summed E-state index contributed by atoms with van der Waals surface area (Å²) in [5.74, 6) is -2.60. The molecule has 34 heavy (non-hydrogen) atoms. The van der Waals surface area contributed by atoms with Crippen LogP contribution in [-0.4, -0.2) is 43.9 Å². The van der Waals surface area contributed by atoms with Crippen molar-refractivity contribution >= 4 is 16.9 Å². The van der Waals surface area contributed by atoms with Gasteiger partial charge in [0, 0.05) is 30.2 Å². The summed E-state index contributed by atoms with van der Waals surface area (Å²) in [7, 11) is 3.11. The average Bonchev–Trinajstić information content (AvgIpc) is 3.49. The molecule has 0 radical (unpaired) electrons. The quantitative estimate of drug-likeness (QED) is 0.479. The zero-order valence-corrected chi connectivity index (χ0v) is 18.2. The van der Waals surface area contributed by atoms with Crippen LogP contribution in [0.25, 0.3) is 33.5 Å². The topological polar surface area (TPSA) is 109 Å².